The molecule has 0 radical (unpaired) electrons. The Morgan fingerprint density at radius 3 is 2.52 bits per heavy atom. The van der Waals surface area contributed by atoms with Crippen molar-refractivity contribution in [2.24, 2.45) is 0 Å². The molecule has 2 rings (SSSR count). The molecule has 0 saturated carbocycles. The first-order valence-corrected chi connectivity index (χ1v) is 6.97. The van der Waals surface area contributed by atoms with Gasteiger partial charge in [-0.2, -0.15) is 0 Å². The van der Waals surface area contributed by atoms with Gasteiger partial charge in [-0.1, -0.05) is 11.6 Å². The minimum absolute atomic E-state index is 0.0373. The molecule has 0 spiro atoms. The topological polar surface area (TPSA) is 86.9 Å². The van der Waals surface area contributed by atoms with E-state index in [1.807, 2.05) is 0 Å². The smallest absolute Gasteiger partial charge is 0.287 e. The summed E-state index contributed by atoms with van der Waals surface area (Å²) in [6.45, 7) is 3.23. The molecule has 1 aliphatic rings. The molecular weight excluding hydrogens is 298 g/mol. The van der Waals surface area contributed by atoms with Crippen LogP contribution in [0.5, 0.6) is 0 Å². The molecule has 21 heavy (non-hydrogen) atoms. The Morgan fingerprint density at radius 1 is 1.33 bits per heavy atom. The predicted octanol–water partition coefficient (Wildman–Crippen LogP) is 0.998. The molecule has 1 fully saturated rings. The Bertz CT molecular complexity index is 544. The quantitative estimate of drug-likeness (QED) is 0.662. The van der Waals surface area contributed by atoms with Crippen molar-refractivity contribution in [3.8, 4) is 0 Å². The number of nitro benzene ring substituents is 1. The standard InChI is InChI=1S/C13H16ClN3O4/c14-11-9-10(1-2-12(11)17(20)21)13(19)16-5-3-15(4-6-16)7-8-18/h1-2,9,18H,3-8H2. The Balaban J connectivity index is 2.04. The number of nitro groups is 1. The van der Waals surface area contributed by atoms with Crippen molar-refractivity contribution < 1.29 is 14.8 Å². The summed E-state index contributed by atoms with van der Waals surface area (Å²) < 4.78 is 0. The third kappa shape index (κ3) is 3.69. The van der Waals surface area contributed by atoms with Crippen LogP contribution in [0.4, 0.5) is 5.69 Å². The van der Waals surface area contributed by atoms with Gasteiger partial charge in [0.15, 0.2) is 0 Å². The second kappa shape index (κ2) is 6.84. The maximum Gasteiger partial charge on any atom is 0.287 e. The molecule has 0 bridgehead atoms. The van der Waals surface area contributed by atoms with E-state index in [4.69, 9.17) is 16.7 Å². The molecule has 114 valence electrons. The zero-order chi connectivity index (χ0) is 15.4. The number of piperazine rings is 1. The summed E-state index contributed by atoms with van der Waals surface area (Å²) in [5.41, 5.74) is 0.141. The number of benzene rings is 1. The van der Waals surface area contributed by atoms with Crippen LogP contribution in [0.3, 0.4) is 0 Å². The van der Waals surface area contributed by atoms with Gasteiger partial charge < -0.3 is 10.0 Å². The van der Waals surface area contributed by atoms with Crippen LogP contribution in [0.2, 0.25) is 5.02 Å². The van der Waals surface area contributed by atoms with E-state index in [9.17, 15) is 14.9 Å². The SMILES string of the molecule is O=C(c1ccc([N+](=O)[O-])c(Cl)c1)N1CCN(CCO)CC1. The van der Waals surface area contributed by atoms with Gasteiger partial charge >= 0.3 is 0 Å². The fourth-order valence-electron chi connectivity index (χ4n) is 2.29. The van der Waals surface area contributed by atoms with Crippen molar-refractivity contribution in [3.63, 3.8) is 0 Å². The fraction of sp³-hybridized carbons (Fsp3) is 0.462. The lowest BCUT2D eigenvalue weighted by Gasteiger charge is -2.34. The lowest BCUT2D eigenvalue weighted by atomic mass is 10.1. The van der Waals surface area contributed by atoms with Gasteiger partial charge in [-0.25, -0.2) is 0 Å². The van der Waals surface area contributed by atoms with Gasteiger partial charge in [-0.3, -0.25) is 19.8 Å². The Labute approximate surface area is 126 Å². The van der Waals surface area contributed by atoms with Crippen molar-refractivity contribution in [2.75, 3.05) is 39.3 Å². The van der Waals surface area contributed by atoms with Gasteiger partial charge in [0.05, 0.1) is 11.5 Å². The second-order valence-electron chi connectivity index (χ2n) is 4.78. The van der Waals surface area contributed by atoms with E-state index in [0.29, 0.717) is 38.3 Å². The average Bonchev–Trinajstić information content (AvgIpc) is 2.47. The molecule has 0 aliphatic carbocycles. The molecule has 1 saturated heterocycles. The highest BCUT2D eigenvalue weighted by molar-refractivity contribution is 6.33. The number of nitrogens with zero attached hydrogens (tertiary/aromatic N) is 3. The number of hydrogen-bond donors (Lipinski definition) is 1. The lowest BCUT2D eigenvalue weighted by molar-refractivity contribution is -0.384. The van der Waals surface area contributed by atoms with Crippen LogP contribution in [0.15, 0.2) is 18.2 Å². The van der Waals surface area contributed by atoms with Crippen molar-refractivity contribution >= 4 is 23.2 Å². The monoisotopic (exact) mass is 313 g/mol. The van der Waals surface area contributed by atoms with E-state index in [1.54, 1.807) is 4.90 Å². The van der Waals surface area contributed by atoms with E-state index >= 15 is 0 Å². The van der Waals surface area contributed by atoms with E-state index in [2.05, 4.69) is 4.90 Å². The molecule has 8 heteroatoms. The van der Waals surface area contributed by atoms with Gasteiger partial charge in [-0.15, -0.1) is 0 Å². The van der Waals surface area contributed by atoms with E-state index < -0.39 is 4.92 Å². The molecule has 0 atom stereocenters. The van der Waals surface area contributed by atoms with Crippen molar-refractivity contribution in [2.45, 2.75) is 0 Å². The number of aliphatic hydroxyl groups is 1. The first-order valence-electron chi connectivity index (χ1n) is 6.59. The van der Waals surface area contributed by atoms with Crippen molar-refractivity contribution in [1.82, 2.24) is 9.80 Å². The zero-order valence-electron chi connectivity index (χ0n) is 11.4. The van der Waals surface area contributed by atoms with Crippen LogP contribution < -0.4 is 0 Å². The molecule has 1 N–H and O–H groups in total. The third-order valence-corrected chi connectivity index (χ3v) is 3.77. The minimum atomic E-state index is -0.579. The van der Waals surface area contributed by atoms with Gasteiger partial charge in [0, 0.05) is 44.4 Å². The van der Waals surface area contributed by atoms with Crippen LogP contribution in [-0.4, -0.2) is 65.1 Å². The first kappa shape index (κ1) is 15.7. The summed E-state index contributed by atoms with van der Waals surface area (Å²) in [6.07, 6.45) is 0. The summed E-state index contributed by atoms with van der Waals surface area (Å²) in [5.74, 6) is -0.185. The van der Waals surface area contributed by atoms with Gasteiger partial charge in [0.1, 0.15) is 5.02 Å². The van der Waals surface area contributed by atoms with Crippen LogP contribution in [0.25, 0.3) is 0 Å². The fourth-order valence-corrected chi connectivity index (χ4v) is 2.54. The van der Waals surface area contributed by atoms with Crippen molar-refractivity contribution in [1.29, 1.82) is 0 Å². The number of rotatable bonds is 4. The highest BCUT2D eigenvalue weighted by Gasteiger charge is 2.23. The average molecular weight is 314 g/mol. The number of hydrogen-bond acceptors (Lipinski definition) is 5. The Morgan fingerprint density at radius 2 is 2.00 bits per heavy atom. The van der Waals surface area contributed by atoms with Crippen LogP contribution in [-0.2, 0) is 0 Å². The number of aliphatic hydroxyl groups excluding tert-OH is 1. The molecule has 1 amide bonds. The largest absolute Gasteiger partial charge is 0.395 e. The maximum absolute atomic E-state index is 12.3. The number of halogens is 1. The summed E-state index contributed by atoms with van der Waals surface area (Å²) in [6, 6.07) is 4.01. The summed E-state index contributed by atoms with van der Waals surface area (Å²) >= 11 is 5.82. The molecule has 1 aromatic rings. The van der Waals surface area contributed by atoms with Gasteiger partial charge in [0.25, 0.3) is 11.6 Å². The highest BCUT2D eigenvalue weighted by atomic mass is 35.5. The normalized spacial score (nSPS) is 16.0. The van der Waals surface area contributed by atoms with Crippen LogP contribution in [0, 0.1) is 10.1 Å². The molecule has 0 aromatic heterocycles. The van der Waals surface area contributed by atoms with E-state index in [0.717, 1.165) is 0 Å². The van der Waals surface area contributed by atoms with E-state index in [1.165, 1.54) is 18.2 Å². The molecule has 1 aliphatic heterocycles. The summed E-state index contributed by atoms with van der Waals surface area (Å²) in [4.78, 5) is 26.2. The van der Waals surface area contributed by atoms with Crippen molar-refractivity contribution in [3.05, 3.63) is 38.9 Å². The summed E-state index contributed by atoms with van der Waals surface area (Å²) in [7, 11) is 0. The molecule has 1 heterocycles. The minimum Gasteiger partial charge on any atom is -0.395 e. The first-order chi connectivity index (χ1) is 10.0. The maximum atomic E-state index is 12.3. The second-order valence-corrected chi connectivity index (χ2v) is 5.19. The molecular formula is C13H16ClN3O4. The molecule has 1 aromatic carbocycles. The summed E-state index contributed by atoms with van der Waals surface area (Å²) in [5, 5.41) is 19.5. The number of carbonyl (C=O) groups is 1. The molecule has 7 nitrogen and oxygen atoms in total. The lowest BCUT2D eigenvalue weighted by Crippen LogP contribution is -2.49. The van der Waals surface area contributed by atoms with Gasteiger partial charge in [-0.05, 0) is 12.1 Å². The van der Waals surface area contributed by atoms with Crippen LogP contribution >= 0.6 is 11.6 Å². The zero-order valence-corrected chi connectivity index (χ0v) is 12.1. The van der Waals surface area contributed by atoms with E-state index in [-0.39, 0.29) is 23.2 Å². The third-order valence-electron chi connectivity index (χ3n) is 3.47. The Hall–Kier alpha value is -1.70. The number of amides is 1. The number of β-amino-alcohol motifs (C(OH)–C–C–N with tert-alkyl or cyclic N) is 1. The predicted molar refractivity (Wildman–Crippen MR) is 77.5 cm³/mol. The molecule has 0 unspecified atom stereocenters. The Kier molecular flexibility index (Phi) is 5.11. The number of carbonyl (C=O) groups excluding carboxylic acids is 1. The van der Waals surface area contributed by atoms with Gasteiger partial charge in [0.2, 0.25) is 0 Å². The van der Waals surface area contributed by atoms with Crippen LogP contribution in [0.1, 0.15) is 10.4 Å². The highest BCUT2D eigenvalue weighted by Crippen LogP contribution is 2.25.